The lowest BCUT2D eigenvalue weighted by molar-refractivity contribution is 0.0607. The summed E-state index contributed by atoms with van der Waals surface area (Å²) in [4.78, 5) is 18.0. The standard InChI is InChI=1S/C29H37ClN2O3S/c1-20(2)36(34,35)26-10-8-23(9-11-26)21(3)24-12-16-31(17-13-24)25-14-18-32(19-15-25)29(33)27-6-5-7-28(30)22(27)4/h5-11,20,25H,12-19H2,1-4H3. The van der Waals surface area contributed by atoms with Crippen molar-refractivity contribution in [3.8, 4) is 0 Å². The van der Waals surface area contributed by atoms with Gasteiger partial charge in [0.1, 0.15) is 0 Å². The molecule has 1 amide bonds. The topological polar surface area (TPSA) is 57.7 Å². The van der Waals surface area contributed by atoms with Crippen LogP contribution in [0.5, 0.6) is 0 Å². The minimum atomic E-state index is -3.25. The number of halogens is 1. The number of sulfone groups is 1. The highest BCUT2D eigenvalue weighted by Gasteiger charge is 2.30. The largest absolute Gasteiger partial charge is 0.339 e. The molecule has 2 saturated heterocycles. The minimum Gasteiger partial charge on any atom is -0.339 e. The fraction of sp³-hybridized carbons (Fsp3) is 0.483. The van der Waals surface area contributed by atoms with E-state index in [2.05, 4.69) is 11.8 Å². The summed E-state index contributed by atoms with van der Waals surface area (Å²) in [6.45, 7) is 11.1. The Bertz CT molecular complexity index is 1230. The highest BCUT2D eigenvalue weighted by molar-refractivity contribution is 7.92. The van der Waals surface area contributed by atoms with Crippen LogP contribution >= 0.6 is 11.6 Å². The second-order valence-corrected chi connectivity index (χ2v) is 13.2. The van der Waals surface area contributed by atoms with Gasteiger partial charge in [0.25, 0.3) is 5.91 Å². The molecule has 5 nitrogen and oxygen atoms in total. The van der Waals surface area contributed by atoms with E-state index in [1.54, 1.807) is 26.0 Å². The predicted molar refractivity (Wildman–Crippen MR) is 147 cm³/mol. The van der Waals surface area contributed by atoms with E-state index in [1.807, 2.05) is 42.2 Å². The number of benzene rings is 2. The third-order valence-electron chi connectivity index (χ3n) is 7.93. The van der Waals surface area contributed by atoms with Crippen molar-refractivity contribution in [3.05, 3.63) is 69.8 Å². The fourth-order valence-electron chi connectivity index (χ4n) is 5.35. The summed E-state index contributed by atoms with van der Waals surface area (Å²) in [6.07, 6.45) is 4.04. The maximum Gasteiger partial charge on any atom is 0.254 e. The maximum atomic E-state index is 13.0. The molecule has 2 aliphatic rings. The van der Waals surface area contributed by atoms with Crippen LogP contribution in [0.3, 0.4) is 0 Å². The zero-order chi connectivity index (χ0) is 26.0. The lowest BCUT2D eigenvalue weighted by Gasteiger charge is -2.41. The number of nitrogens with zero attached hydrogens (tertiary/aromatic N) is 2. The van der Waals surface area contributed by atoms with Gasteiger partial charge in [-0.25, -0.2) is 8.42 Å². The van der Waals surface area contributed by atoms with E-state index < -0.39 is 15.1 Å². The third-order valence-corrected chi connectivity index (χ3v) is 10.5. The molecule has 2 heterocycles. The molecule has 36 heavy (non-hydrogen) atoms. The molecule has 0 unspecified atom stereocenters. The van der Waals surface area contributed by atoms with E-state index in [-0.39, 0.29) is 5.91 Å². The average molecular weight is 529 g/mol. The fourth-order valence-corrected chi connectivity index (χ4v) is 6.58. The maximum absolute atomic E-state index is 13.0. The van der Waals surface area contributed by atoms with Crippen molar-refractivity contribution in [3.63, 3.8) is 0 Å². The van der Waals surface area contributed by atoms with Gasteiger partial charge in [-0.3, -0.25) is 9.69 Å². The molecular weight excluding hydrogens is 492 g/mol. The Labute approximate surface area is 221 Å². The number of hydrogen-bond donors (Lipinski definition) is 0. The smallest absolute Gasteiger partial charge is 0.254 e. The van der Waals surface area contributed by atoms with E-state index in [4.69, 9.17) is 11.6 Å². The number of amides is 1. The van der Waals surface area contributed by atoms with Gasteiger partial charge in [0, 0.05) is 42.8 Å². The van der Waals surface area contributed by atoms with Gasteiger partial charge in [0.15, 0.2) is 9.84 Å². The Morgan fingerprint density at radius 2 is 1.58 bits per heavy atom. The number of likely N-dealkylation sites (tertiary alicyclic amines) is 2. The number of allylic oxidation sites excluding steroid dienone is 1. The first-order valence-corrected chi connectivity index (χ1v) is 14.8. The zero-order valence-electron chi connectivity index (χ0n) is 21.8. The summed E-state index contributed by atoms with van der Waals surface area (Å²) in [7, 11) is -3.25. The molecular formula is C29H37ClN2O3S. The molecule has 0 aliphatic carbocycles. The van der Waals surface area contributed by atoms with Gasteiger partial charge in [-0.2, -0.15) is 0 Å². The molecule has 2 aromatic rings. The minimum absolute atomic E-state index is 0.0835. The van der Waals surface area contributed by atoms with E-state index in [9.17, 15) is 13.2 Å². The van der Waals surface area contributed by atoms with Crippen molar-refractivity contribution in [2.24, 2.45) is 0 Å². The van der Waals surface area contributed by atoms with Crippen LogP contribution in [0.15, 0.2) is 52.9 Å². The molecule has 0 bridgehead atoms. The average Bonchev–Trinajstić information content (AvgIpc) is 2.89. The van der Waals surface area contributed by atoms with E-state index in [0.717, 1.165) is 63.0 Å². The van der Waals surface area contributed by atoms with Gasteiger partial charge < -0.3 is 4.90 Å². The van der Waals surface area contributed by atoms with Gasteiger partial charge in [0.2, 0.25) is 0 Å². The number of carbonyl (C=O) groups is 1. The van der Waals surface area contributed by atoms with Gasteiger partial charge in [0.05, 0.1) is 10.1 Å². The highest BCUT2D eigenvalue weighted by atomic mass is 35.5. The molecule has 0 radical (unpaired) electrons. The summed E-state index contributed by atoms with van der Waals surface area (Å²) < 4.78 is 24.8. The van der Waals surface area contributed by atoms with Crippen molar-refractivity contribution < 1.29 is 13.2 Å². The Morgan fingerprint density at radius 1 is 0.972 bits per heavy atom. The SMILES string of the molecule is CC(=C1CCN(C2CCN(C(=O)c3cccc(Cl)c3C)CC2)CC1)c1ccc(S(=O)(=O)C(C)C)cc1. The number of piperidine rings is 2. The third kappa shape index (κ3) is 5.56. The zero-order valence-corrected chi connectivity index (χ0v) is 23.3. The molecule has 0 atom stereocenters. The van der Waals surface area contributed by atoms with Crippen molar-refractivity contribution >= 4 is 32.9 Å². The van der Waals surface area contributed by atoms with Gasteiger partial charge in [-0.15, -0.1) is 0 Å². The highest BCUT2D eigenvalue weighted by Crippen LogP contribution is 2.30. The molecule has 2 aromatic carbocycles. The van der Waals surface area contributed by atoms with Crippen molar-refractivity contribution in [2.75, 3.05) is 26.2 Å². The monoisotopic (exact) mass is 528 g/mol. The molecule has 4 rings (SSSR count). The van der Waals surface area contributed by atoms with Crippen LogP contribution in [0.4, 0.5) is 0 Å². The number of carbonyl (C=O) groups excluding carboxylic acids is 1. The Kier molecular flexibility index (Phi) is 8.28. The molecule has 2 aliphatic heterocycles. The van der Waals surface area contributed by atoms with Crippen LogP contribution in [0.1, 0.15) is 67.9 Å². The molecule has 0 N–H and O–H groups in total. The van der Waals surface area contributed by atoms with Crippen LogP contribution in [0.25, 0.3) is 5.57 Å². The lowest BCUT2D eigenvalue weighted by Crippen LogP contribution is -2.48. The van der Waals surface area contributed by atoms with Gasteiger partial charge >= 0.3 is 0 Å². The second-order valence-electron chi connectivity index (χ2n) is 10.3. The first-order valence-electron chi connectivity index (χ1n) is 12.9. The predicted octanol–water partition coefficient (Wildman–Crippen LogP) is 6.00. The molecule has 0 spiro atoms. The summed E-state index contributed by atoms with van der Waals surface area (Å²) in [6, 6.07) is 13.4. The van der Waals surface area contributed by atoms with E-state index in [0.29, 0.717) is 21.5 Å². The van der Waals surface area contributed by atoms with Crippen LogP contribution in [0, 0.1) is 6.92 Å². The van der Waals surface area contributed by atoms with Gasteiger partial charge in [-0.1, -0.05) is 35.4 Å². The van der Waals surface area contributed by atoms with Crippen LogP contribution in [0.2, 0.25) is 5.02 Å². The molecule has 194 valence electrons. The quantitative estimate of drug-likeness (QED) is 0.477. The second kappa shape index (κ2) is 11.1. The molecule has 0 saturated carbocycles. The van der Waals surface area contributed by atoms with Crippen LogP contribution < -0.4 is 0 Å². The normalized spacial score (nSPS) is 18.1. The van der Waals surface area contributed by atoms with E-state index in [1.165, 1.54) is 11.1 Å². The van der Waals surface area contributed by atoms with Crippen LogP contribution in [-0.4, -0.2) is 61.6 Å². The first-order chi connectivity index (χ1) is 17.1. The summed E-state index contributed by atoms with van der Waals surface area (Å²) in [5.74, 6) is 0.0835. The molecule has 2 fully saturated rings. The lowest BCUT2D eigenvalue weighted by atomic mass is 9.92. The molecule has 0 aromatic heterocycles. The summed E-state index contributed by atoms with van der Waals surface area (Å²) in [5.41, 5.74) is 5.38. The Hall–Kier alpha value is -2.15. The number of hydrogen-bond acceptors (Lipinski definition) is 4. The van der Waals surface area contributed by atoms with Crippen LogP contribution in [-0.2, 0) is 9.84 Å². The van der Waals surface area contributed by atoms with E-state index >= 15 is 0 Å². The Balaban J connectivity index is 1.33. The molecule has 7 heteroatoms. The summed E-state index contributed by atoms with van der Waals surface area (Å²) in [5, 5.41) is 0.220. The summed E-state index contributed by atoms with van der Waals surface area (Å²) >= 11 is 6.23. The van der Waals surface area contributed by atoms with Crippen molar-refractivity contribution in [2.45, 2.75) is 69.6 Å². The first kappa shape index (κ1) is 26.9. The number of rotatable bonds is 5. The van der Waals surface area contributed by atoms with Gasteiger partial charge in [-0.05, 0) is 94.3 Å². The van der Waals surface area contributed by atoms with Crippen molar-refractivity contribution in [1.82, 2.24) is 9.80 Å². The Morgan fingerprint density at radius 3 is 2.17 bits per heavy atom. The van der Waals surface area contributed by atoms with Crippen molar-refractivity contribution in [1.29, 1.82) is 0 Å².